The number of aryl methyl sites for hydroxylation is 1. The number of nitrogens with two attached hydrogens (primary N) is 1. The van der Waals surface area contributed by atoms with Gasteiger partial charge in [0.25, 0.3) is 0 Å². The third-order valence-electron chi connectivity index (χ3n) is 2.32. The molecule has 0 saturated heterocycles. The first-order valence-corrected chi connectivity index (χ1v) is 5.81. The molecule has 0 heterocycles. The van der Waals surface area contributed by atoms with E-state index in [0.717, 1.165) is 5.56 Å². The zero-order valence-corrected chi connectivity index (χ0v) is 10.7. The van der Waals surface area contributed by atoms with Crippen molar-refractivity contribution >= 4 is 28.9 Å². The lowest BCUT2D eigenvalue weighted by Gasteiger charge is -2.11. The fourth-order valence-corrected chi connectivity index (χ4v) is 1.74. The topological polar surface area (TPSA) is 35.2 Å². The van der Waals surface area contributed by atoms with Crippen LogP contribution in [0.5, 0.6) is 11.5 Å². The molecule has 0 aliphatic rings. The van der Waals surface area contributed by atoms with Crippen molar-refractivity contribution in [2.45, 2.75) is 6.92 Å². The number of hydrogen-bond donors (Lipinski definition) is 1. The number of anilines is 1. The van der Waals surface area contributed by atoms with Gasteiger partial charge >= 0.3 is 0 Å². The molecular formula is C13H11Cl2NO. The van der Waals surface area contributed by atoms with Crippen LogP contribution in [0.1, 0.15) is 5.56 Å². The third-order valence-corrected chi connectivity index (χ3v) is 2.96. The summed E-state index contributed by atoms with van der Waals surface area (Å²) < 4.78 is 5.66. The Morgan fingerprint density at radius 2 is 1.76 bits per heavy atom. The Hall–Kier alpha value is -1.38. The zero-order valence-electron chi connectivity index (χ0n) is 9.21. The highest BCUT2D eigenvalue weighted by molar-refractivity contribution is 6.33. The van der Waals surface area contributed by atoms with Gasteiger partial charge in [-0.05, 0) is 36.8 Å². The lowest BCUT2D eigenvalue weighted by molar-refractivity contribution is 0.485. The fraction of sp³-hybridized carbons (Fsp3) is 0.0769. The van der Waals surface area contributed by atoms with Crippen LogP contribution in [0.25, 0.3) is 0 Å². The summed E-state index contributed by atoms with van der Waals surface area (Å²) in [6.45, 7) is 1.96. The molecule has 2 N–H and O–H groups in total. The van der Waals surface area contributed by atoms with E-state index in [4.69, 9.17) is 33.7 Å². The number of ether oxygens (including phenoxy) is 1. The lowest BCUT2D eigenvalue weighted by Crippen LogP contribution is -1.93. The summed E-state index contributed by atoms with van der Waals surface area (Å²) >= 11 is 12.0. The Balaban J connectivity index is 2.38. The quantitative estimate of drug-likeness (QED) is 0.803. The standard InChI is InChI=1S/C13H11Cl2NO/c1-8-5-6-9(14)12(7-8)17-11-4-2-3-10(15)13(11)16/h2-7H,16H2,1H3. The molecule has 0 unspecified atom stereocenters. The second-order valence-electron chi connectivity index (χ2n) is 3.69. The van der Waals surface area contributed by atoms with E-state index in [1.807, 2.05) is 19.1 Å². The van der Waals surface area contributed by atoms with Crippen LogP contribution >= 0.6 is 23.2 Å². The van der Waals surface area contributed by atoms with Gasteiger partial charge in [0, 0.05) is 0 Å². The van der Waals surface area contributed by atoms with Crippen molar-refractivity contribution in [2.75, 3.05) is 5.73 Å². The van der Waals surface area contributed by atoms with Gasteiger partial charge in [0.2, 0.25) is 0 Å². The summed E-state index contributed by atoms with van der Waals surface area (Å²) in [6.07, 6.45) is 0. The molecule has 0 aromatic heterocycles. The van der Waals surface area contributed by atoms with E-state index < -0.39 is 0 Å². The second-order valence-corrected chi connectivity index (χ2v) is 4.50. The van der Waals surface area contributed by atoms with E-state index >= 15 is 0 Å². The van der Waals surface area contributed by atoms with Crippen molar-refractivity contribution in [3.63, 3.8) is 0 Å². The Kier molecular flexibility index (Phi) is 3.46. The zero-order chi connectivity index (χ0) is 12.4. The Morgan fingerprint density at radius 1 is 1.00 bits per heavy atom. The minimum absolute atomic E-state index is 0.409. The minimum Gasteiger partial charge on any atom is -0.454 e. The molecule has 2 aromatic carbocycles. The smallest absolute Gasteiger partial charge is 0.151 e. The van der Waals surface area contributed by atoms with Gasteiger partial charge in [-0.1, -0.05) is 35.3 Å². The molecule has 0 spiro atoms. The molecule has 0 bridgehead atoms. The van der Waals surface area contributed by atoms with Crippen molar-refractivity contribution in [3.05, 3.63) is 52.0 Å². The van der Waals surface area contributed by atoms with Gasteiger partial charge in [-0.3, -0.25) is 0 Å². The van der Waals surface area contributed by atoms with E-state index in [9.17, 15) is 0 Å². The molecule has 2 rings (SSSR count). The maximum atomic E-state index is 6.04. The molecule has 0 aliphatic carbocycles. The summed E-state index contributed by atoms with van der Waals surface area (Å²) in [5.74, 6) is 1.07. The van der Waals surface area contributed by atoms with E-state index in [-0.39, 0.29) is 0 Å². The molecule has 17 heavy (non-hydrogen) atoms. The molecule has 4 heteroatoms. The van der Waals surface area contributed by atoms with Crippen LogP contribution in [0, 0.1) is 6.92 Å². The molecule has 0 atom stereocenters. The van der Waals surface area contributed by atoms with Crippen molar-refractivity contribution in [1.82, 2.24) is 0 Å². The SMILES string of the molecule is Cc1ccc(Cl)c(Oc2cccc(Cl)c2N)c1. The Labute approximate surface area is 110 Å². The van der Waals surface area contributed by atoms with Crippen molar-refractivity contribution in [3.8, 4) is 11.5 Å². The summed E-state index contributed by atoms with van der Waals surface area (Å²) in [4.78, 5) is 0. The lowest BCUT2D eigenvalue weighted by atomic mass is 10.2. The van der Waals surface area contributed by atoms with Crippen LogP contribution in [0.4, 0.5) is 5.69 Å². The average Bonchev–Trinajstić information content (AvgIpc) is 2.30. The molecule has 0 saturated carbocycles. The van der Waals surface area contributed by atoms with E-state index in [1.165, 1.54) is 0 Å². The number of hydrogen-bond acceptors (Lipinski definition) is 2. The number of halogens is 2. The predicted molar refractivity (Wildman–Crippen MR) is 72.1 cm³/mol. The molecule has 0 radical (unpaired) electrons. The van der Waals surface area contributed by atoms with Crippen LogP contribution in [-0.2, 0) is 0 Å². The number of rotatable bonds is 2. The summed E-state index contributed by atoms with van der Waals surface area (Å²) in [5.41, 5.74) is 7.29. The largest absolute Gasteiger partial charge is 0.454 e. The van der Waals surface area contributed by atoms with Crippen molar-refractivity contribution < 1.29 is 4.74 Å². The Morgan fingerprint density at radius 3 is 2.53 bits per heavy atom. The normalized spacial score (nSPS) is 10.3. The molecule has 0 fully saturated rings. The molecule has 88 valence electrons. The van der Waals surface area contributed by atoms with Crippen LogP contribution in [0.2, 0.25) is 10.0 Å². The first-order chi connectivity index (χ1) is 8.08. The van der Waals surface area contributed by atoms with Crippen LogP contribution in [0.15, 0.2) is 36.4 Å². The summed E-state index contributed by atoms with van der Waals surface area (Å²) in [6, 6.07) is 10.8. The molecular weight excluding hydrogens is 257 g/mol. The van der Waals surface area contributed by atoms with Crippen molar-refractivity contribution in [1.29, 1.82) is 0 Å². The Bertz CT molecular complexity index is 555. The first-order valence-electron chi connectivity index (χ1n) is 5.06. The highest BCUT2D eigenvalue weighted by Crippen LogP contribution is 2.35. The predicted octanol–water partition coefficient (Wildman–Crippen LogP) is 4.68. The minimum atomic E-state index is 0.409. The molecule has 0 aliphatic heterocycles. The molecule has 2 aromatic rings. The van der Waals surface area contributed by atoms with Gasteiger partial charge in [-0.25, -0.2) is 0 Å². The van der Waals surface area contributed by atoms with E-state index in [1.54, 1.807) is 24.3 Å². The van der Waals surface area contributed by atoms with Gasteiger partial charge in [0.15, 0.2) is 5.75 Å². The maximum Gasteiger partial charge on any atom is 0.151 e. The maximum absolute atomic E-state index is 6.04. The van der Waals surface area contributed by atoms with Gasteiger partial charge in [-0.2, -0.15) is 0 Å². The van der Waals surface area contributed by atoms with Gasteiger partial charge in [0.1, 0.15) is 5.75 Å². The van der Waals surface area contributed by atoms with E-state index in [2.05, 4.69) is 0 Å². The van der Waals surface area contributed by atoms with Crippen LogP contribution < -0.4 is 10.5 Å². The average molecular weight is 268 g/mol. The summed E-state index contributed by atoms with van der Waals surface area (Å²) in [5, 5.41) is 1.00. The van der Waals surface area contributed by atoms with Crippen molar-refractivity contribution in [2.24, 2.45) is 0 Å². The fourth-order valence-electron chi connectivity index (χ4n) is 1.41. The number of benzene rings is 2. The van der Waals surface area contributed by atoms with Gasteiger partial charge < -0.3 is 10.5 Å². The van der Waals surface area contributed by atoms with E-state index in [0.29, 0.717) is 27.2 Å². The first kappa shape index (κ1) is 12.1. The molecule has 2 nitrogen and oxygen atoms in total. The highest BCUT2D eigenvalue weighted by atomic mass is 35.5. The molecule has 0 amide bonds. The van der Waals surface area contributed by atoms with Gasteiger partial charge in [-0.15, -0.1) is 0 Å². The third kappa shape index (κ3) is 2.65. The number of para-hydroxylation sites is 1. The van der Waals surface area contributed by atoms with Crippen LogP contribution in [0.3, 0.4) is 0 Å². The second kappa shape index (κ2) is 4.86. The highest BCUT2D eigenvalue weighted by Gasteiger charge is 2.08. The van der Waals surface area contributed by atoms with Crippen LogP contribution in [-0.4, -0.2) is 0 Å². The monoisotopic (exact) mass is 267 g/mol. The van der Waals surface area contributed by atoms with Gasteiger partial charge in [0.05, 0.1) is 15.7 Å². The summed E-state index contributed by atoms with van der Waals surface area (Å²) in [7, 11) is 0. The number of nitrogen functional groups attached to an aromatic ring is 1.